The number of aromatic nitrogens is 4. The van der Waals surface area contributed by atoms with E-state index in [9.17, 15) is 9.59 Å². The summed E-state index contributed by atoms with van der Waals surface area (Å²) >= 11 is 0. The minimum Gasteiger partial charge on any atom is -0.363 e. The minimum absolute atomic E-state index is 0.0209. The number of nitrogens with zero attached hydrogens (tertiary/aromatic N) is 4. The van der Waals surface area contributed by atoms with E-state index in [-0.39, 0.29) is 11.6 Å². The van der Waals surface area contributed by atoms with Crippen molar-refractivity contribution in [3.63, 3.8) is 0 Å². The molecule has 3 rings (SSSR count). The second-order valence-corrected chi connectivity index (χ2v) is 7.05. The summed E-state index contributed by atoms with van der Waals surface area (Å²) < 4.78 is 0. The van der Waals surface area contributed by atoms with Crippen LogP contribution in [0.3, 0.4) is 0 Å². The normalized spacial score (nSPS) is 18.1. The first kappa shape index (κ1) is 19.1. The van der Waals surface area contributed by atoms with Crippen molar-refractivity contribution in [2.45, 2.75) is 45.8 Å². The van der Waals surface area contributed by atoms with Crippen molar-refractivity contribution in [1.82, 2.24) is 30.0 Å². The molecule has 0 aliphatic carbocycles. The Labute approximate surface area is 158 Å². The molecule has 1 fully saturated rings. The Morgan fingerprint density at radius 2 is 2.19 bits per heavy atom. The molecule has 1 aliphatic heterocycles. The number of H-pyrrole nitrogens is 2. The molecule has 9 nitrogen and oxygen atoms in total. The molecule has 1 atom stereocenters. The van der Waals surface area contributed by atoms with Crippen LogP contribution in [0.4, 0.5) is 5.82 Å². The molecule has 2 aromatic heterocycles. The molecular weight excluding hydrogens is 346 g/mol. The fourth-order valence-corrected chi connectivity index (χ4v) is 3.47. The van der Waals surface area contributed by atoms with Gasteiger partial charge in [-0.3, -0.25) is 14.7 Å². The van der Waals surface area contributed by atoms with Gasteiger partial charge in [0, 0.05) is 37.9 Å². The first-order valence-corrected chi connectivity index (χ1v) is 9.36. The highest BCUT2D eigenvalue weighted by Crippen LogP contribution is 2.18. The molecule has 0 radical (unpaired) electrons. The number of carbonyl (C=O) groups is 1. The maximum absolute atomic E-state index is 12.8. The van der Waals surface area contributed by atoms with Gasteiger partial charge < -0.3 is 10.2 Å². The highest BCUT2D eigenvalue weighted by Gasteiger charge is 2.30. The maximum Gasteiger partial charge on any atom is 0.340 e. The van der Waals surface area contributed by atoms with Crippen LogP contribution in [0.5, 0.6) is 0 Å². The van der Waals surface area contributed by atoms with Crippen LogP contribution in [0.1, 0.15) is 43.4 Å². The van der Waals surface area contributed by atoms with Crippen molar-refractivity contribution in [2.75, 3.05) is 25.0 Å². The van der Waals surface area contributed by atoms with Crippen LogP contribution in [-0.4, -0.2) is 67.6 Å². The highest BCUT2D eigenvalue weighted by molar-refractivity contribution is 5.94. The zero-order chi connectivity index (χ0) is 19.4. The summed E-state index contributed by atoms with van der Waals surface area (Å²) in [7, 11) is 0. The van der Waals surface area contributed by atoms with Crippen LogP contribution in [-0.2, 0) is 6.54 Å². The predicted molar refractivity (Wildman–Crippen MR) is 103 cm³/mol. The van der Waals surface area contributed by atoms with E-state index in [1.54, 1.807) is 18.3 Å². The summed E-state index contributed by atoms with van der Waals surface area (Å²) in [6, 6.07) is 4.43. The van der Waals surface area contributed by atoms with Crippen molar-refractivity contribution < 1.29 is 4.79 Å². The Balaban J connectivity index is 1.59. The summed E-state index contributed by atoms with van der Waals surface area (Å²) in [4.78, 5) is 35.1. The van der Waals surface area contributed by atoms with Crippen LogP contribution >= 0.6 is 0 Å². The molecule has 1 saturated heterocycles. The van der Waals surface area contributed by atoms with Crippen LogP contribution in [0, 0.1) is 0 Å². The highest BCUT2D eigenvalue weighted by atomic mass is 16.2. The van der Waals surface area contributed by atoms with Gasteiger partial charge >= 0.3 is 5.69 Å². The fourth-order valence-electron chi connectivity index (χ4n) is 3.47. The topological polar surface area (TPSA) is 110 Å². The molecule has 27 heavy (non-hydrogen) atoms. The van der Waals surface area contributed by atoms with Gasteiger partial charge in [0.15, 0.2) is 0 Å². The molecule has 0 spiro atoms. The average molecular weight is 373 g/mol. The molecular formula is C18H27N7O2. The third-order valence-corrected chi connectivity index (χ3v) is 4.95. The smallest absolute Gasteiger partial charge is 0.340 e. The van der Waals surface area contributed by atoms with Gasteiger partial charge in [-0.15, -0.1) is 0 Å². The number of carbonyl (C=O) groups excluding carboxylic acids is 1. The number of anilines is 1. The van der Waals surface area contributed by atoms with Gasteiger partial charge in [-0.05, 0) is 32.4 Å². The van der Waals surface area contributed by atoms with E-state index in [2.05, 4.69) is 51.2 Å². The summed E-state index contributed by atoms with van der Waals surface area (Å²) in [5, 5.41) is 9.19. The minimum atomic E-state index is -0.344. The van der Waals surface area contributed by atoms with Crippen LogP contribution < -0.4 is 11.0 Å². The zero-order valence-electron chi connectivity index (χ0n) is 16.0. The van der Waals surface area contributed by atoms with Gasteiger partial charge in [0.05, 0.1) is 12.1 Å². The molecule has 9 heteroatoms. The Morgan fingerprint density at radius 3 is 2.78 bits per heavy atom. The molecule has 3 heterocycles. The lowest BCUT2D eigenvalue weighted by atomic mass is 10.1. The fraction of sp³-hybridized carbons (Fsp3) is 0.556. The van der Waals surface area contributed by atoms with Gasteiger partial charge in [0.1, 0.15) is 11.6 Å². The third kappa shape index (κ3) is 4.54. The lowest BCUT2D eigenvalue weighted by Crippen LogP contribution is -2.56. The quantitative estimate of drug-likeness (QED) is 0.698. The first-order valence-electron chi connectivity index (χ1n) is 9.36. The maximum atomic E-state index is 12.8. The SMILES string of the molecule is CC[C@H]1CN(C(=O)c2ccc(NCc3n[nH]c(=O)[nH]3)nc2)CCN1C(C)C. The van der Waals surface area contributed by atoms with E-state index in [1.165, 1.54) is 0 Å². The number of hydrogen-bond acceptors (Lipinski definition) is 6. The molecule has 2 aromatic rings. The first-order chi connectivity index (χ1) is 13.0. The average Bonchev–Trinajstić information content (AvgIpc) is 3.10. The van der Waals surface area contributed by atoms with E-state index < -0.39 is 0 Å². The standard InChI is InChI=1S/C18H27N7O2/c1-4-14-11-24(7-8-25(14)12(2)3)17(26)13-5-6-15(19-9-13)20-10-16-21-18(27)23-22-16/h5-6,9,12,14H,4,7-8,10-11H2,1-3H3,(H,19,20)(H2,21,22,23,27)/t14-/m0/s1. The summed E-state index contributed by atoms with van der Waals surface area (Å²) in [5.74, 6) is 1.13. The summed E-state index contributed by atoms with van der Waals surface area (Å²) in [6.07, 6.45) is 2.62. The molecule has 146 valence electrons. The molecule has 1 amide bonds. The molecule has 0 unspecified atom stereocenters. The number of nitrogens with one attached hydrogen (secondary N) is 3. The summed E-state index contributed by atoms with van der Waals surface area (Å²) in [5.41, 5.74) is 0.241. The number of hydrogen-bond donors (Lipinski definition) is 3. The predicted octanol–water partition coefficient (Wildman–Crippen LogP) is 1.05. The number of pyridine rings is 1. The van der Waals surface area contributed by atoms with Crippen LogP contribution in [0.2, 0.25) is 0 Å². The second-order valence-electron chi connectivity index (χ2n) is 7.05. The molecule has 3 N–H and O–H groups in total. The van der Waals surface area contributed by atoms with E-state index in [0.717, 1.165) is 26.1 Å². The zero-order valence-corrected chi connectivity index (χ0v) is 16.0. The number of amides is 1. The van der Waals surface area contributed by atoms with Gasteiger partial charge in [-0.2, -0.15) is 5.10 Å². The van der Waals surface area contributed by atoms with E-state index >= 15 is 0 Å². The van der Waals surface area contributed by atoms with Gasteiger partial charge in [-0.25, -0.2) is 14.9 Å². The molecule has 0 saturated carbocycles. The molecule has 0 aromatic carbocycles. The van der Waals surface area contributed by atoms with E-state index in [0.29, 0.717) is 35.8 Å². The Bertz CT molecular complexity index is 812. The largest absolute Gasteiger partial charge is 0.363 e. The number of aromatic amines is 2. The molecule has 0 bridgehead atoms. The monoisotopic (exact) mass is 373 g/mol. The van der Waals surface area contributed by atoms with Gasteiger partial charge in [-0.1, -0.05) is 6.92 Å². The molecule has 1 aliphatic rings. The lowest BCUT2D eigenvalue weighted by Gasteiger charge is -2.43. The van der Waals surface area contributed by atoms with Gasteiger partial charge in [0.2, 0.25) is 0 Å². The van der Waals surface area contributed by atoms with Crippen LogP contribution in [0.25, 0.3) is 0 Å². The Morgan fingerprint density at radius 1 is 1.37 bits per heavy atom. The van der Waals surface area contributed by atoms with Crippen molar-refractivity contribution in [2.24, 2.45) is 0 Å². The van der Waals surface area contributed by atoms with Crippen molar-refractivity contribution >= 4 is 11.7 Å². The number of piperazine rings is 1. The third-order valence-electron chi connectivity index (χ3n) is 4.95. The Kier molecular flexibility index (Phi) is 5.90. The van der Waals surface area contributed by atoms with E-state index in [1.807, 2.05) is 4.90 Å². The lowest BCUT2D eigenvalue weighted by molar-refractivity contribution is 0.0371. The van der Waals surface area contributed by atoms with Crippen molar-refractivity contribution in [1.29, 1.82) is 0 Å². The Hall–Kier alpha value is -2.68. The van der Waals surface area contributed by atoms with Crippen molar-refractivity contribution in [3.8, 4) is 0 Å². The van der Waals surface area contributed by atoms with Crippen LogP contribution in [0.15, 0.2) is 23.1 Å². The summed E-state index contributed by atoms with van der Waals surface area (Å²) in [6.45, 7) is 9.30. The second kappa shape index (κ2) is 8.34. The van der Waals surface area contributed by atoms with Crippen molar-refractivity contribution in [3.05, 3.63) is 40.2 Å². The van der Waals surface area contributed by atoms with Gasteiger partial charge in [0.25, 0.3) is 5.91 Å². The number of rotatable bonds is 6. The van der Waals surface area contributed by atoms with E-state index in [4.69, 9.17) is 0 Å².